The van der Waals surface area contributed by atoms with Gasteiger partial charge in [0.2, 0.25) is 6.79 Å². The maximum Gasteiger partial charge on any atom is 0.231 e. The fraction of sp³-hybridized carbons (Fsp3) is 0.611. The molecule has 3 aliphatic heterocycles. The number of guanidine groups is 1. The van der Waals surface area contributed by atoms with Gasteiger partial charge in [-0.3, -0.25) is 4.99 Å². The van der Waals surface area contributed by atoms with E-state index in [9.17, 15) is 0 Å². The molecule has 7 heteroatoms. The molecule has 0 amide bonds. The van der Waals surface area contributed by atoms with Crippen molar-refractivity contribution in [3.8, 4) is 11.5 Å². The third-order valence-electron chi connectivity index (χ3n) is 5.31. The molecule has 136 valence electrons. The summed E-state index contributed by atoms with van der Waals surface area (Å²) in [6.45, 7) is 4.47. The number of hydrogen-bond donors (Lipinski definition) is 1. The third kappa shape index (κ3) is 3.53. The van der Waals surface area contributed by atoms with Gasteiger partial charge in [0.25, 0.3) is 0 Å². The van der Waals surface area contributed by atoms with Crippen LogP contribution in [0.4, 0.5) is 0 Å². The minimum atomic E-state index is -0.0472. The van der Waals surface area contributed by atoms with Gasteiger partial charge in [0, 0.05) is 43.2 Å². The Labute approximate surface area is 152 Å². The number of rotatable bonds is 3. The molecule has 0 radical (unpaired) electrons. The number of nitrogens with two attached hydrogens (primary N) is 1. The molecule has 1 aromatic carbocycles. The van der Waals surface area contributed by atoms with Gasteiger partial charge >= 0.3 is 0 Å². The van der Waals surface area contributed by atoms with E-state index in [1.54, 1.807) is 0 Å². The van der Waals surface area contributed by atoms with Crippen LogP contribution in [0.5, 0.6) is 11.5 Å². The lowest BCUT2D eigenvalue weighted by Gasteiger charge is -2.37. The van der Waals surface area contributed by atoms with Crippen molar-refractivity contribution in [3.05, 3.63) is 23.8 Å². The monoisotopic (exact) mass is 363 g/mol. The van der Waals surface area contributed by atoms with Crippen LogP contribution >= 0.6 is 11.8 Å². The van der Waals surface area contributed by atoms with Crippen LogP contribution in [-0.4, -0.2) is 62.0 Å². The van der Waals surface area contributed by atoms with Crippen molar-refractivity contribution in [1.82, 2.24) is 4.90 Å². The van der Waals surface area contributed by atoms with Gasteiger partial charge in [-0.25, -0.2) is 0 Å². The van der Waals surface area contributed by atoms with Crippen LogP contribution in [0.1, 0.15) is 18.4 Å². The molecular formula is C18H25N3O3S. The molecule has 0 saturated carbocycles. The number of fused-ring (bicyclic) bond motifs is 1. The molecule has 3 aliphatic rings. The molecule has 0 unspecified atom stereocenters. The fourth-order valence-corrected chi connectivity index (χ4v) is 4.55. The summed E-state index contributed by atoms with van der Waals surface area (Å²) in [5, 5.41) is 0. The standard InChI is InChI=1S/C18H25N3O3S/c19-17(21-5-9-25-10-6-21)20-12-18(3-7-22-8-4-18)14-1-2-15-16(11-14)24-13-23-15/h1-2,11H,3-10,12-13H2,(H2,19,20). The number of thioether (sulfide) groups is 1. The molecule has 0 atom stereocenters. The Bertz CT molecular complexity index is 640. The smallest absolute Gasteiger partial charge is 0.231 e. The second-order valence-corrected chi connectivity index (χ2v) is 7.96. The van der Waals surface area contributed by atoms with Crippen LogP contribution in [0.15, 0.2) is 23.2 Å². The minimum Gasteiger partial charge on any atom is -0.454 e. The predicted molar refractivity (Wildman–Crippen MR) is 99.7 cm³/mol. The molecule has 1 aromatic rings. The van der Waals surface area contributed by atoms with Crippen LogP contribution in [0.3, 0.4) is 0 Å². The van der Waals surface area contributed by atoms with Crippen LogP contribution in [-0.2, 0) is 10.2 Å². The number of nitrogens with zero attached hydrogens (tertiary/aromatic N) is 2. The summed E-state index contributed by atoms with van der Waals surface area (Å²) in [5.41, 5.74) is 7.48. The van der Waals surface area contributed by atoms with E-state index in [2.05, 4.69) is 17.0 Å². The molecule has 0 spiro atoms. The van der Waals surface area contributed by atoms with E-state index in [4.69, 9.17) is 24.9 Å². The van der Waals surface area contributed by atoms with Crippen molar-refractivity contribution in [3.63, 3.8) is 0 Å². The van der Waals surface area contributed by atoms with Gasteiger partial charge in [-0.2, -0.15) is 11.8 Å². The third-order valence-corrected chi connectivity index (χ3v) is 6.26. The lowest BCUT2D eigenvalue weighted by Crippen LogP contribution is -2.44. The van der Waals surface area contributed by atoms with E-state index in [0.717, 1.165) is 62.1 Å². The highest BCUT2D eigenvalue weighted by molar-refractivity contribution is 7.99. The van der Waals surface area contributed by atoms with Crippen LogP contribution in [0.2, 0.25) is 0 Å². The second kappa shape index (κ2) is 7.33. The molecular weight excluding hydrogens is 338 g/mol. The van der Waals surface area contributed by atoms with E-state index >= 15 is 0 Å². The first-order valence-electron chi connectivity index (χ1n) is 8.87. The van der Waals surface area contributed by atoms with Crippen molar-refractivity contribution >= 4 is 17.7 Å². The van der Waals surface area contributed by atoms with Crippen molar-refractivity contribution < 1.29 is 14.2 Å². The summed E-state index contributed by atoms with van der Waals surface area (Å²) >= 11 is 1.98. The van der Waals surface area contributed by atoms with E-state index < -0.39 is 0 Å². The zero-order valence-corrected chi connectivity index (χ0v) is 15.2. The molecule has 0 bridgehead atoms. The van der Waals surface area contributed by atoms with Gasteiger partial charge in [-0.1, -0.05) is 6.07 Å². The Morgan fingerprint density at radius 3 is 2.72 bits per heavy atom. The summed E-state index contributed by atoms with van der Waals surface area (Å²) in [6, 6.07) is 6.25. The van der Waals surface area contributed by atoms with Gasteiger partial charge in [-0.15, -0.1) is 0 Å². The number of aliphatic imine (C=N–C) groups is 1. The second-order valence-electron chi connectivity index (χ2n) is 6.73. The van der Waals surface area contributed by atoms with Gasteiger partial charge in [0.15, 0.2) is 17.5 Å². The van der Waals surface area contributed by atoms with Crippen molar-refractivity contribution in [2.24, 2.45) is 10.7 Å². The maximum absolute atomic E-state index is 6.28. The topological polar surface area (TPSA) is 69.3 Å². The van der Waals surface area contributed by atoms with Crippen molar-refractivity contribution in [2.75, 3.05) is 51.1 Å². The predicted octanol–water partition coefficient (Wildman–Crippen LogP) is 1.83. The largest absolute Gasteiger partial charge is 0.454 e. The van der Waals surface area contributed by atoms with Crippen LogP contribution in [0.25, 0.3) is 0 Å². The highest BCUT2D eigenvalue weighted by atomic mass is 32.2. The van der Waals surface area contributed by atoms with Crippen LogP contribution < -0.4 is 15.2 Å². The molecule has 2 fully saturated rings. The summed E-state index contributed by atoms with van der Waals surface area (Å²) in [5.74, 6) is 4.56. The minimum absolute atomic E-state index is 0.0472. The van der Waals surface area contributed by atoms with Crippen molar-refractivity contribution in [1.29, 1.82) is 0 Å². The number of hydrogen-bond acceptors (Lipinski definition) is 5. The molecule has 0 aliphatic carbocycles. The molecule has 4 rings (SSSR count). The van der Waals surface area contributed by atoms with Gasteiger partial charge < -0.3 is 24.8 Å². The normalized spacial score (nSPS) is 22.9. The first-order chi connectivity index (χ1) is 12.3. The van der Waals surface area contributed by atoms with Gasteiger partial charge in [-0.05, 0) is 30.5 Å². The fourth-order valence-electron chi connectivity index (χ4n) is 3.65. The zero-order chi connectivity index (χ0) is 17.1. The summed E-state index contributed by atoms with van der Waals surface area (Å²) < 4.78 is 16.6. The molecule has 0 aromatic heterocycles. The lowest BCUT2D eigenvalue weighted by atomic mass is 9.74. The molecule has 6 nitrogen and oxygen atoms in total. The summed E-state index contributed by atoms with van der Waals surface area (Å²) in [7, 11) is 0. The number of benzene rings is 1. The number of ether oxygens (including phenoxy) is 3. The van der Waals surface area contributed by atoms with Gasteiger partial charge in [0.1, 0.15) is 0 Å². The Kier molecular flexibility index (Phi) is 4.94. The first-order valence-corrected chi connectivity index (χ1v) is 10.0. The summed E-state index contributed by atoms with van der Waals surface area (Å²) in [6.07, 6.45) is 1.89. The maximum atomic E-state index is 6.28. The molecule has 2 N–H and O–H groups in total. The molecule has 2 saturated heterocycles. The zero-order valence-electron chi connectivity index (χ0n) is 14.4. The van der Waals surface area contributed by atoms with E-state index in [1.165, 1.54) is 5.56 Å². The SMILES string of the molecule is NC(=NCC1(c2ccc3c(c2)OCO3)CCOCC1)N1CCSCC1. The first kappa shape index (κ1) is 16.8. The molecule has 3 heterocycles. The average Bonchev–Trinajstić information content (AvgIpc) is 3.15. The Balaban J connectivity index is 1.56. The van der Waals surface area contributed by atoms with E-state index in [1.807, 2.05) is 17.8 Å². The Morgan fingerprint density at radius 2 is 1.92 bits per heavy atom. The van der Waals surface area contributed by atoms with Crippen molar-refractivity contribution in [2.45, 2.75) is 18.3 Å². The lowest BCUT2D eigenvalue weighted by molar-refractivity contribution is 0.0530. The highest BCUT2D eigenvalue weighted by Crippen LogP contribution is 2.41. The van der Waals surface area contributed by atoms with Crippen LogP contribution in [0, 0.1) is 0 Å². The quantitative estimate of drug-likeness (QED) is 0.653. The van der Waals surface area contributed by atoms with Gasteiger partial charge in [0.05, 0.1) is 6.54 Å². The highest BCUT2D eigenvalue weighted by Gasteiger charge is 2.35. The average molecular weight is 363 g/mol. The van der Waals surface area contributed by atoms with E-state index in [0.29, 0.717) is 19.3 Å². The Hall–Kier alpha value is -1.60. The molecule has 25 heavy (non-hydrogen) atoms. The van der Waals surface area contributed by atoms with E-state index in [-0.39, 0.29) is 5.41 Å². The Morgan fingerprint density at radius 1 is 1.16 bits per heavy atom. The summed E-state index contributed by atoms with van der Waals surface area (Å²) in [4.78, 5) is 6.99.